The van der Waals surface area contributed by atoms with E-state index in [1.165, 1.54) is 12.1 Å². The Bertz CT molecular complexity index is 1130. The molecule has 3 amide bonds. The largest absolute Gasteiger partial charge is 0.457 e. The first-order valence-corrected chi connectivity index (χ1v) is 10.0. The van der Waals surface area contributed by atoms with Gasteiger partial charge in [0.2, 0.25) is 0 Å². The highest BCUT2D eigenvalue weighted by Gasteiger charge is 2.21. The lowest BCUT2D eigenvalue weighted by atomic mass is 10.1. The summed E-state index contributed by atoms with van der Waals surface area (Å²) in [6.45, 7) is 2.15. The lowest BCUT2D eigenvalue weighted by Gasteiger charge is -2.35. The number of halogens is 1. The van der Waals surface area contributed by atoms with E-state index in [0.717, 1.165) is 11.3 Å². The Morgan fingerprint density at radius 3 is 2.03 bits per heavy atom. The molecule has 8 nitrogen and oxygen atoms in total. The van der Waals surface area contributed by atoms with Crippen molar-refractivity contribution < 1.29 is 18.7 Å². The molecule has 1 aliphatic heterocycles. The summed E-state index contributed by atoms with van der Waals surface area (Å²) in [7, 11) is 0. The Morgan fingerprint density at radius 2 is 1.47 bits per heavy atom. The summed E-state index contributed by atoms with van der Waals surface area (Å²) in [4.78, 5) is 31.3. The predicted octanol–water partition coefficient (Wildman–Crippen LogP) is 2.98. The van der Waals surface area contributed by atoms with Gasteiger partial charge in [0.15, 0.2) is 0 Å². The Balaban J connectivity index is 1.56. The number of hydrogen-bond acceptors (Lipinski definition) is 5. The van der Waals surface area contributed by atoms with Crippen LogP contribution in [0, 0.1) is 5.82 Å². The number of carbonyl (C=O) groups excluding carboxylic acids is 2. The van der Waals surface area contributed by atoms with Crippen molar-refractivity contribution in [2.45, 2.75) is 0 Å². The van der Waals surface area contributed by atoms with Crippen molar-refractivity contribution >= 4 is 17.6 Å². The molecule has 1 fully saturated rings. The topological polar surface area (TPSA) is 115 Å². The van der Waals surface area contributed by atoms with Crippen molar-refractivity contribution in [3.05, 3.63) is 72.2 Å². The van der Waals surface area contributed by atoms with Gasteiger partial charge in [-0.15, -0.1) is 0 Å². The number of urea groups is 1. The number of anilines is 1. The zero-order valence-corrected chi connectivity index (χ0v) is 17.2. The molecule has 164 valence electrons. The smallest absolute Gasteiger partial charge is 0.314 e. The van der Waals surface area contributed by atoms with Gasteiger partial charge in [0, 0.05) is 37.4 Å². The molecule has 2 aromatic carbocycles. The van der Waals surface area contributed by atoms with E-state index >= 15 is 0 Å². The number of piperazine rings is 1. The van der Waals surface area contributed by atoms with Crippen molar-refractivity contribution in [1.29, 1.82) is 0 Å². The number of nitrogens with two attached hydrogens (primary N) is 2. The van der Waals surface area contributed by atoms with Crippen LogP contribution in [0.15, 0.2) is 60.7 Å². The number of carbonyl (C=O) groups is 2. The van der Waals surface area contributed by atoms with E-state index in [4.69, 9.17) is 16.2 Å². The van der Waals surface area contributed by atoms with Crippen LogP contribution in [0.25, 0.3) is 11.3 Å². The number of ether oxygens (including phenoxy) is 1. The maximum Gasteiger partial charge on any atom is 0.314 e. The van der Waals surface area contributed by atoms with Crippen molar-refractivity contribution in [2.75, 3.05) is 31.1 Å². The van der Waals surface area contributed by atoms with Crippen molar-refractivity contribution in [3.8, 4) is 22.8 Å². The second-order valence-electron chi connectivity index (χ2n) is 7.35. The van der Waals surface area contributed by atoms with Gasteiger partial charge in [-0.2, -0.15) is 0 Å². The van der Waals surface area contributed by atoms with E-state index < -0.39 is 11.9 Å². The Hall–Kier alpha value is -4.14. The number of aromatic nitrogens is 1. The summed E-state index contributed by atoms with van der Waals surface area (Å²) in [6, 6.07) is 16.0. The SMILES string of the molecule is NC(=O)c1cc(N2CCN(C(N)=O)CC2)cc(-c2ccc(Oc3ccc(F)cc3)cc2)n1. The summed E-state index contributed by atoms with van der Waals surface area (Å²) in [5.41, 5.74) is 13.2. The molecule has 1 aromatic heterocycles. The van der Waals surface area contributed by atoms with E-state index in [2.05, 4.69) is 9.88 Å². The van der Waals surface area contributed by atoms with Crippen molar-refractivity contribution in [3.63, 3.8) is 0 Å². The average Bonchev–Trinajstić information content (AvgIpc) is 2.81. The molecule has 0 radical (unpaired) electrons. The number of nitrogens with zero attached hydrogens (tertiary/aromatic N) is 3. The van der Waals surface area contributed by atoms with Crippen LogP contribution in [-0.2, 0) is 0 Å². The lowest BCUT2D eigenvalue weighted by molar-refractivity contribution is 0.0995. The van der Waals surface area contributed by atoms with Gasteiger partial charge >= 0.3 is 6.03 Å². The minimum atomic E-state index is -0.625. The van der Waals surface area contributed by atoms with E-state index in [1.54, 1.807) is 35.2 Å². The molecule has 0 aliphatic carbocycles. The van der Waals surface area contributed by atoms with Crippen LogP contribution in [0.1, 0.15) is 10.5 Å². The van der Waals surface area contributed by atoms with Crippen LogP contribution < -0.4 is 21.1 Å². The number of primary amides is 2. The van der Waals surface area contributed by atoms with Gasteiger partial charge in [0.05, 0.1) is 5.69 Å². The molecule has 0 atom stereocenters. The predicted molar refractivity (Wildman–Crippen MR) is 118 cm³/mol. The molecule has 4 rings (SSSR count). The van der Waals surface area contributed by atoms with Gasteiger partial charge in [-0.1, -0.05) is 0 Å². The molecule has 0 spiro atoms. The fourth-order valence-corrected chi connectivity index (χ4v) is 3.49. The van der Waals surface area contributed by atoms with Crippen molar-refractivity contribution in [2.24, 2.45) is 11.5 Å². The molecule has 32 heavy (non-hydrogen) atoms. The van der Waals surface area contributed by atoms with E-state index in [0.29, 0.717) is 43.4 Å². The van der Waals surface area contributed by atoms with Crippen LogP contribution in [0.5, 0.6) is 11.5 Å². The molecule has 9 heteroatoms. The zero-order chi connectivity index (χ0) is 22.7. The minimum absolute atomic E-state index is 0.154. The second kappa shape index (κ2) is 8.93. The lowest BCUT2D eigenvalue weighted by Crippen LogP contribution is -2.50. The Kier molecular flexibility index (Phi) is 5.89. The third-order valence-corrected chi connectivity index (χ3v) is 5.22. The summed E-state index contributed by atoms with van der Waals surface area (Å²) in [5, 5.41) is 0. The Labute approximate surface area is 184 Å². The monoisotopic (exact) mass is 435 g/mol. The molecule has 0 unspecified atom stereocenters. The van der Waals surface area contributed by atoms with Gasteiger partial charge in [0.25, 0.3) is 5.91 Å². The van der Waals surface area contributed by atoms with Crippen LogP contribution >= 0.6 is 0 Å². The molecule has 2 heterocycles. The Morgan fingerprint density at radius 1 is 0.875 bits per heavy atom. The normalized spacial score (nSPS) is 13.7. The van der Waals surface area contributed by atoms with Gasteiger partial charge in [-0.05, 0) is 60.7 Å². The first-order chi connectivity index (χ1) is 15.4. The van der Waals surface area contributed by atoms with E-state index in [1.807, 2.05) is 18.2 Å². The standard InChI is InChI=1S/C23H22FN5O3/c24-16-3-7-19(8-4-16)32-18-5-1-15(2-6-18)20-13-17(14-21(27-20)22(25)30)28-9-11-29(12-10-28)23(26)31/h1-8,13-14H,9-12H2,(H2,25,30)(H2,26,31). The molecule has 3 aromatic rings. The fraction of sp³-hybridized carbons (Fsp3) is 0.174. The van der Waals surface area contributed by atoms with Gasteiger partial charge in [-0.25, -0.2) is 14.2 Å². The summed E-state index contributed by atoms with van der Waals surface area (Å²) < 4.78 is 18.8. The van der Waals surface area contributed by atoms with Crippen LogP contribution in [0.3, 0.4) is 0 Å². The van der Waals surface area contributed by atoms with Crippen LogP contribution in [0.2, 0.25) is 0 Å². The number of rotatable bonds is 5. The molecule has 1 aliphatic rings. The number of amides is 3. The van der Waals surface area contributed by atoms with Crippen LogP contribution in [0.4, 0.5) is 14.9 Å². The molecular formula is C23H22FN5O3. The zero-order valence-electron chi connectivity index (χ0n) is 17.2. The summed E-state index contributed by atoms with van der Waals surface area (Å²) >= 11 is 0. The highest BCUT2D eigenvalue weighted by molar-refractivity contribution is 5.92. The van der Waals surface area contributed by atoms with Gasteiger partial charge in [-0.3, -0.25) is 4.79 Å². The number of benzene rings is 2. The maximum absolute atomic E-state index is 13.1. The maximum atomic E-state index is 13.1. The number of pyridine rings is 1. The second-order valence-corrected chi connectivity index (χ2v) is 7.35. The van der Waals surface area contributed by atoms with E-state index in [-0.39, 0.29) is 11.5 Å². The molecule has 1 saturated heterocycles. The number of hydrogen-bond donors (Lipinski definition) is 2. The quantitative estimate of drug-likeness (QED) is 0.639. The average molecular weight is 435 g/mol. The highest BCUT2D eigenvalue weighted by atomic mass is 19.1. The molecule has 4 N–H and O–H groups in total. The molecule has 0 saturated carbocycles. The van der Waals surface area contributed by atoms with E-state index in [9.17, 15) is 14.0 Å². The van der Waals surface area contributed by atoms with Crippen LogP contribution in [-0.4, -0.2) is 48.0 Å². The molecule has 0 bridgehead atoms. The molecular weight excluding hydrogens is 413 g/mol. The van der Waals surface area contributed by atoms with Crippen molar-refractivity contribution in [1.82, 2.24) is 9.88 Å². The first-order valence-electron chi connectivity index (χ1n) is 10.0. The van der Waals surface area contributed by atoms with Gasteiger partial charge in [0.1, 0.15) is 23.0 Å². The first kappa shape index (κ1) is 21.1. The fourth-order valence-electron chi connectivity index (χ4n) is 3.49. The summed E-state index contributed by atoms with van der Waals surface area (Å²) in [6.07, 6.45) is 0. The summed E-state index contributed by atoms with van der Waals surface area (Å²) in [5.74, 6) is 0.139. The van der Waals surface area contributed by atoms with Gasteiger partial charge < -0.3 is 26.0 Å². The minimum Gasteiger partial charge on any atom is -0.457 e. The third-order valence-electron chi connectivity index (χ3n) is 5.22. The highest BCUT2D eigenvalue weighted by Crippen LogP contribution is 2.28. The third kappa shape index (κ3) is 4.77.